The summed E-state index contributed by atoms with van der Waals surface area (Å²) < 4.78 is 6.92. The third-order valence-corrected chi connectivity index (χ3v) is 4.78. The average molecular weight is 388 g/mol. The predicted molar refractivity (Wildman–Crippen MR) is 113 cm³/mol. The molecule has 0 saturated carbocycles. The van der Waals surface area contributed by atoms with Gasteiger partial charge < -0.3 is 20.5 Å². The standard InChI is InChI=1S/C21H33N5O2/c1-7-22-19(24-15-21(4,27)17-12-25-26(5)13-17)23-14-20(2,3)16-8-10-18(28-6)11-9-16/h8-13,27H,7,14-15H2,1-6H3,(H2,22,23,24). The van der Waals surface area contributed by atoms with Gasteiger partial charge in [0.2, 0.25) is 0 Å². The molecule has 1 atom stereocenters. The van der Waals surface area contributed by atoms with Gasteiger partial charge in [-0.25, -0.2) is 0 Å². The van der Waals surface area contributed by atoms with Gasteiger partial charge in [0, 0.05) is 30.8 Å². The van der Waals surface area contributed by atoms with Crippen LogP contribution >= 0.6 is 0 Å². The Hall–Kier alpha value is -2.54. The van der Waals surface area contributed by atoms with Crippen molar-refractivity contribution in [1.29, 1.82) is 0 Å². The average Bonchev–Trinajstić information content (AvgIpc) is 3.11. The third-order valence-electron chi connectivity index (χ3n) is 4.78. The SMILES string of the molecule is CCNC(=NCC(C)(C)c1ccc(OC)cc1)NCC(C)(O)c1cnn(C)c1. The molecule has 1 unspecified atom stereocenters. The molecule has 0 aliphatic rings. The van der Waals surface area contributed by atoms with E-state index in [2.05, 4.69) is 41.7 Å². The van der Waals surface area contributed by atoms with Crippen molar-refractivity contribution >= 4 is 5.96 Å². The summed E-state index contributed by atoms with van der Waals surface area (Å²) in [5, 5.41) is 21.4. The van der Waals surface area contributed by atoms with Crippen LogP contribution in [-0.4, -0.2) is 47.6 Å². The zero-order valence-corrected chi connectivity index (χ0v) is 17.8. The number of hydrogen-bond donors (Lipinski definition) is 3. The van der Waals surface area contributed by atoms with Crippen molar-refractivity contribution in [3.05, 3.63) is 47.8 Å². The molecule has 154 valence electrons. The topological polar surface area (TPSA) is 83.7 Å². The van der Waals surface area contributed by atoms with Gasteiger partial charge in [0.15, 0.2) is 5.96 Å². The molecule has 0 saturated heterocycles. The fraction of sp³-hybridized carbons (Fsp3) is 0.524. The molecule has 7 heteroatoms. The number of benzene rings is 1. The van der Waals surface area contributed by atoms with Crippen molar-refractivity contribution in [1.82, 2.24) is 20.4 Å². The van der Waals surface area contributed by atoms with Crippen molar-refractivity contribution in [2.45, 2.75) is 38.7 Å². The Bertz CT molecular complexity index is 778. The second kappa shape index (κ2) is 9.10. The van der Waals surface area contributed by atoms with Crippen LogP contribution in [0.2, 0.25) is 0 Å². The molecule has 2 aromatic rings. The molecule has 0 aliphatic heterocycles. The summed E-state index contributed by atoms with van der Waals surface area (Å²) >= 11 is 0. The number of methoxy groups -OCH3 is 1. The van der Waals surface area contributed by atoms with Gasteiger partial charge in [0.1, 0.15) is 11.4 Å². The first-order valence-electron chi connectivity index (χ1n) is 9.56. The quantitative estimate of drug-likeness (QED) is 0.478. The van der Waals surface area contributed by atoms with Crippen molar-refractivity contribution in [2.75, 3.05) is 26.7 Å². The summed E-state index contributed by atoms with van der Waals surface area (Å²) in [4.78, 5) is 4.74. The van der Waals surface area contributed by atoms with Crippen LogP contribution in [-0.2, 0) is 18.1 Å². The number of guanidine groups is 1. The molecule has 2 rings (SSSR count). The minimum atomic E-state index is -1.05. The van der Waals surface area contributed by atoms with Crippen LogP contribution in [0, 0.1) is 0 Å². The smallest absolute Gasteiger partial charge is 0.191 e. The molecule has 0 fully saturated rings. The highest BCUT2D eigenvalue weighted by molar-refractivity contribution is 5.79. The number of nitrogens with zero attached hydrogens (tertiary/aromatic N) is 3. The van der Waals surface area contributed by atoms with Crippen LogP contribution in [0.5, 0.6) is 5.75 Å². The number of aryl methyl sites for hydroxylation is 1. The fourth-order valence-corrected chi connectivity index (χ4v) is 2.81. The Morgan fingerprint density at radius 1 is 1.18 bits per heavy atom. The molecule has 28 heavy (non-hydrogen) atoms. The minimum absolute atomic E-state index is 0.138. The highest BCUT2D eigenvalue weighted by Crippen LogP contribution is 2.25. The van der Waals surface area contributed by atoms with Crippen LogP contribution in [0.3, 0.4) is 0 Å². The summed E-state index contributed by atoms with van der Waals surface area (Å²) in [5.41, 5.74) is 0.767. The summed E-state index contributed by atoms with van der Waals surface area (Å²) in [6.45, 7) is 9.77. The second-order valence-corrected chi connectivity index (χ2v) is 7.84. The van der Waals surface area contributed by atoms with Crippen LogP contribution in [0.4, 0.5) is 0 Å². The lowest BCUT2D eigenvalue weighted by Gasteiger charge is -2.26. The van der Waals surface area contributed by atoms with Gasteiger partial charge in [-0.3, -0.25) is 9.67 Å². The van der Waals surface area contributed by atoms with Gasteiger partial charge in [-0.15, -0.1) is 0 Å². The molecule has 0 radical (unpaired) electrons. The Kier molecular flexibility index (Phi) is 7.07. The summed E-state index contributed by atoms with van der Waals surface area (Å²) in [7, 11) is 3.50. The largest absolute Gasteiger partial charge is 0.497 e. The molecule has 7 nitrogen and oxygen atoms in total. The molecule has 0 bridgehead atoms. The van der Waals surface area contributed by atoms with E-state index in [1.165, 1.54) is 5.56 Å². The van der Waals surface area contributed by atoms with Crippen molar-refractivity contribution in [3.63, 3.8) is 0 Å². The van der Waals surface area contributed by atoms with Crippen LogP contribution in [0.15, 0.2) is 41.7 Å². The van der Waals surface area contributed by atoms with Gasteiger partial charge in [0.25, 0.3) is 0 Å². The first-order chi connectivity index (χ1) is 13.2. The molecule has 3 N–H and O–H groups in total. The lowest BCUT2D eigenvalue weighted by Crippen LogP contribution is -2.45. The van der Waals surface area contributed by atoms with Crippen molar-refractivity contribution < 1.29 is 9.84 Å². The van der Waals surface area contributed by atoms with E-state index in [0.717, 1.165) is 17.9 Å². The number of hydrogen-bond acceptors (Lipinski definition) is 4. The van der Waals surface area contributed by atoms with Gasteiger partial charge in [-0.2, -0.15) is 5.10 Å². The molecule has 0 amide bonds. The van der Waals surface area contributed by atoms with E-state index in [9.17, 15) is 5.11 Å². The maximum Gasteiger partial charge on any atom is 0.191 e. The Labute approximate surface area is 167 Å². The molecule has 0 spiro atoms. The minimum Gasteiger partial charge on any atom is -0.497 e. The summed E-state index contributed by atoms with van der Waals surface area (Å²) in [6, 6.07) is 8.08. The number of nitrogens with one attached hydrogen (secondary N) is 2. The Morgan fingerprint density at radius 3 is 2.39 bits per heavy atom. The van der Waals surface area contributed by atoms with E-state index in [0.29, 0.717) is 19.0 Å². The van der Waals surface area contributed by atoms with E-state index in [1.807, 2.05) is 32.3 Å². The maximum atomic E-state index is 10.8. The fourth-order valence-electron chi connectivity index (χ4n) is 2.81. The monoisotopic (exact) mass is 387 g/mol. The number of aliphatic hydroxyl groups is 1. The van der Waals surface area contributed by atoms with Gasteiger partial charge in [-0.05, 0) is 31.5 Å². The lowest BCUT2D eigenvalue weighted by atomic mass is 9.85. The van der Waals surface area contributed by atoms with Crippen LogP contribution in [0.25, 0.3) is 0 Å². The number of aromatic nitrogens is 2. The van der Waals surface area contributed by atoms with E-state index >= 15 is 0 Å². The molecule has 0 aliphatic carbocycles. The maximum absolute atomic E-state index is 10.8. The Balaban J connectivity index is 2.06. The molecule has 1 aromatic heterocycles. The first kappa shape index (κ1) is 21.8. The van der Waals surface area contributed by atoms with Crippen LogP contribution < -0.4 is 15.4 Å². The summed E-state index contributed by atoms with van der Waals surface area (Å²) in [6.07, 6.45) is 3.50. The molecule has 1 heterocycles. The van der Waals surface area contributed by atoms with Gasteiger partial charge in [-0.1, -0.05) is 26.0 Å². The Morgan fingerprint density at radius 2 is 1.86 bits per heavy atom. The third kappa shape index (κ3) is 5.73. The number of aliphatic imine (C=N–C) groups is 1. The summed E-state index contributed by atoms with van der Waals surface area (Å²) in [5.74, 6) is 1.52. The second-order valence-electron chi connectivity index (χ2n) is 7.84. The van der Waals surface area contributed by atoms with Gasteiger partial charge >= 0.3 is 0 Å². The number of ether oxygens (including phenoxy) is 1. The van der Waals surface area contributed by atoms with E-state index in [-0.39, 0.29) is 5.41 Å². The first-order valence-corrected chi connectivity index (χ1v) is 9.56. The van der Waals surface area contributed by atoms with Crippen LogP contribution in [0.1, 0.15) is 38.8 Å². The van der Waals surface area contributed by atoms with Crippen molar-refractivity contribution in [3.8, 4) is 5.75 Å². The van der Waals surface area contributed by atoms with E-state index in [4.69, 9.17) is 9.73 Å². The van der Waals surface area contributed by atoms with Crippen molar-refractivity contribution in [2.24, 2.45) is 12.0 Å². The molecular formula is C21H33N5O2. The number of rotatable bonds is 8. The zero-order chi connectivity index (χ0) is 20.8. The lowest BCUT2D eigenvalue weighted by molar-refractivity contribution is 0.0616. The normalized spacial score (nSPS) is 14.5. The predicted octanol–water partition coefficient (Wildman–Crippen LogP) is 2.17. The van der Waals surface area contributed by atoms with E-state index in [1.54, 1.807) is 24.9 Å². The highest BCUT2D eigenvalue weighted by Gasteiger charge is 2.25. The molecule has 1 aromatic carbocycles. The molecular weight excluding hydrogens is 354 g/mol. The highest BCUT2D eigenvalue weighted by atomic mass is 16.5. The zero-order valence-electron chi connectivity index (χ0n) is 17.8. The van der Waals surface area contributed by atoms with Gasteiger partial charge in [0.05, 0.1) is 26.4 Å². The van der Waals surface area contributed by atoms with E-state index < -0.39 is 5.60 Å².